The van der Waals surface area contributed by atoms with Crippen LogP contribution in [-0.4, -0.2) is 35.8 Å². The van der Waals surface area contributed by atoms with Gasteiger partial charge in [-0.3, -0.25) is 10.2 Å². The summed E-state index contributed by atoms with van der Waals surface area (Å²) in [5, 5.41) is 23.7. The Morgan fingerprint density at radius 2 is 1.92 bits per heavy atom. The molecular weight excluding hydrogens is 194 g/mol. The molecule has 76 valence electrons. The molecule has 0 aromatic carbocycles. The van der Waals surface area contributed by atoms with Gasteiger partial charge in [0, 0.05) is 0 Å². The van der Waals surface area contributed by atoms with Crippen LogP contribution in [0.15, 0.2) is 0 Å². The molecule has 0 saturated heterocycles. The molecule has 13 heavy (non-hydrogen) atoms. The minimum absolute atomic E-state index is 0.0417. The molecule has 8 N–H and O–H groups in total. The topological polar surface area (TPSA) is 149 Å². The lowest BCUT2D eigenvalue weighted by molar-refractivity contribution is -0.135. The van der Waals surface area contributed by atoms with E-state index in [1.165, 1.54) is 0 Å². The number of nitrogens with one attached hydrogen (secondary N) is 3. The highest BCUT2D eigenvalue weighted by Crippen LogP contribution is 1.50. The summed E-state index contributed by atoms with van der Waals surface area (Å²) < 4.78 is 0. The number of rotatable bonds is 2. The van der Waals surface area contributed by atoms with Gasteiger partial charge < -0.3 is 21.9 Å². The normalized spacial score (nSPS) is 6.23. The summed E-state index contributed by atoms with van der Waals surface area (Å²) in [7, 11) is 1.59. The molecule has 0 heterocycles. The summed E-state index contributed by atoms with van der Waals surface area (Å²) in [5.41, 5.74) is 8.94. The van der Waals surface area contributed by atoms with Crippen molar-refractivity contribution < 1.29 is 9.90 Å². The fraction of sp³-hybridized carbons (Fsp3) is 0.400. The number of hydrogen-bond acceptors (Lipinski definition) is 5. The Kier molecular flexibility index (Phi) is 22.7. The van der Waals surface area contributed by atoms with Crippen LogP contribution >= 0.6 is 12.2 Å². The quantitative estimate of drug-likeness (QED) is 0.190. The number of isothiocyanates is 1. The third-order valence-corrected chi connectivity index (χ3v) is 0.328. The van der Waals surface area contributed by atoms with Gasteiger partial charge in [0.1, 0.15) is 0 Å². The van der Waals surface area contributed by atoms with Crippen LogP contribution in [0, 0.1) is 10.8 Å². The molecule has 0 fully saturated rings. The molecule has 0 aliphatic rings. The van der Waals surface area contributed by atoms with E-state index >= 15 is 0 Å². The van der Waals surface area contributed by atoms with Gasteiger partial charge in [0.05, 0.1) is 11.7 Å². The van der Waals surface area contributed by atoms with Crippen LogP contribution in [0.1, 0.15) is 0 Å². The molecule has 0 aromatic rings. The van der Waals surface area contributed by atoms with Gasteiger partial charge in [0.25, 0.3) is 0 Å². The van der Waals surface area contributed by atoms with Crippen molar-refractivity contribution in [3.8, 4) is 0 Å². The fourth-order valence-corrected chi connectivity index (χ4v) is 0.151. The van der Waals surface area contributed by atoms with Gasteiger partial charge in [-0.25, -0.2) is 5.41 Å². The fourth-order valence-electron chi connectivity index (χ4n) is 0.151. The second kappa shape index (κ2) is 16.8. The smallest absolute Gasteiger partial charge is 0.317 e. The second-order valence-corrected chi connectivity index (χ2v) is 1.69. The van der Waals surface area contributed by atoms with Crippen LogP contribution in [0.3, 0.4) is 0 Å². The highest BCUT2D eigenvalue weighted by atomic mass is 32.1. The van der Waals surface area contributed by atoms with E-state index in [4.69, 9.17) is 15.9 Å². The van der Waals surface area contributed by atoms with Gasteiger partial charge in [-0.2, -0.15) is 0 Å². The Bertz CT molecular complexity index is 174. The molecule has 0 aromatic heterocycles. The van der Waals surface area contributed by atoms with E-state index in [0.717, 1.165) is 0 Å². The molecule has 0 spiro atoms. The molecular formula is C5H13N5O2S. The summed E-state index contributed by atoms with van der Waals surface area (Å²) in [5.74, 6) is -1.16. The van der Waals surface area contributed by atoms with Gasteiger partial charge >= 0.3 is 5.97 Å². The molecule has 0 saturated carbocycles. The zero-order chi connectivity index (χ0) is 11.3. The molecule has 0 unspecified atom stereocenters. The number of carboxylic acids is 1. The van der Waals surface area contributed by atoms with Crippen LogP contribution < -0.4 is 16.8 Å². The first-order valence-electron chi connectivity index (χ1n) is 2.92. The lowest BCUT2D eigenvalue weighted by Crippen LogP contribution is -2.20. The molecule has 0 radical (unpaired) electrons. The standard InChI is InChI=1S/C3H7NO2.CH5N3.CHNS/c1-4-2-3(5)6;2-1(3)4;2-1-3/h4H,2H2,1H3,(H,5,6);(H5,2,3,4);2H. The van der Waals surface area contributed by atoms with E-state index in [-0.39, 0.29) is 12.5 Å². The first-order valence-corrected chi connectivity index (χ1v) is 3.32. The van der Waals surface area contributed by atoms with Crippen molar-refractivity contribution in [3.63, 3.8) is 0 Å². The maximum atomic E-state index is 9.54. The van der Waals surface area contributed by atoms with Gasteiger partial charge in [-0.15, -0.1) is 0 Å². The van der Waals surface area contributed by atoms with Crippen molar-refractivity contribution in [3.05, 3.63) is 0 Å². The predicted octanol–water partition coefficient (Wildman–Crippen LogP) is -1.20. The number of carbonyl (C=O) groups is 1. The largest absolute Gasteiger partial charge is 0.480 e. The number of hydrogen-bond donors (Lipinski definition) is 6. The molecule has 0 aliphatic carbocycles. The zero-order valence-electron chi connectivity index (χ0n) is 7.13. The first-order chi connectivity index (χ1) is 5.92. The Morgan fingerprint density at radius 3 is 1.92 bits per heavy atom. The number of thiocarbonyl (C=S) groups is 1. The zero-order valence-corrected chi connectivity index (χ0v) is 7.94. The lowest BCUT2D eigenvalue weighted by atomic mass is 10.7. The molecule has 0 amide bonds. The van der Waals surface area contributed by atoms with E-state index in [9.17, 15) is 4.79 Å². The van der Waals surface area contributed by atoms with Crippen molar-refractivity contribution >= 4 is 29.3 Å². The van der Waals surface area contributed by atoms with Crippen molar-refractivity contribution in [2.75, 3.05) is 13.6 Å². The minimum Gasteiger partial charge on any atom is -0.480 e. The summed E-state index contributed by atoms with van der Waals surface area (Å²) in [6.45, 7) is 0.0417. The number of likely N-dealkylation sites (N-methyl/N-ethyl adjacent to an activating group) is 1. The molecule has 0 rings (SSSR count). The number of nitrogens with two attached hydrogens (primary N) is 2. The average molecular weight is 207 g/mol. The van der Waals surface area contributed by atoms with Crippen LogP contribution in [0.25, 0.3) is 0 Å². The van der Waals surface area contributed by atoms with E-state index in [2.05, 4.69) is 29.0 Å². The van der Waals surface area contributed by atoms with E-state index < -0.39 is 5.97 Å². The minimum atomic E-state index is -0.822. The molecule has 7 nitrogen and oxygen atoms in total. The van der Waals surface area contributed by atoms with Crippen LogP contribution in [-0.2, 0) is 4.79 Å². The summed E-state index contributed by atoms with van der Waals surface area (Å²) in [6.07, 6.45) is 0. The van der Waals surface area contributed by atoms with Crippen molar-refractivity contribution in [2.24, 2.45) is 11.5 Å². The van der Waals surface area contributed by atoms with Crippen molar-refractivity contribution in [2.45, 2.75) is 0 Å². The van der Waals surface area contributed by atoms with E-state index in [1.54, 1.807) is 12.2 Å². The monoisotopic (exact) mass is 207 g/mol. The maximum Gasteiger partial charge on any atom is 0.317 e. The summed E-state index contributed by atoms with van der Waals surface area (Å²) >= 11 is 3.81. The molecule has 0 bridgehead atoms. The molecule has 8 heteroatoms. The van der Waals surface area contributed by atoms with Crippen LogP contribution in [0.5, 0.6) is 0 Å². The highest BCUT2D eigenvalue weighted by Gasteiger charge is 1.86. The Hall–Kier alpha value is -1.50. The Balaban J connectivity index is -0.000000125. The molecule has 0 aliphatic heterocycles. The van der Waals surface area contributed by atoms with Gasteiger partial charge in [-0.1, -0.05) is 0 Å². The predicted molar refractivity (Wildman–Crippen MR) is 53.0 cm³/mol. The number of carboxylic acid groups (broad SMARTS) is 1. The SMILES string of the molecule is CNCC(=O)O.N=C(N)N.N=C=S. The molecule has 0 atom stereocenters. The summed E-state index contributed by atoms with van der Waals surface area (Å²) in [4.78, 5) is 9.54. The van der Waals surface area contributed by atoms with Crippen LogP contribution in [0.4, 0.5) is 0 Å². The van der Waals surface area contributed by atoms with Crippen LogP contribution in [0.2, 0.25) is 0 Å². The maximum absolute atomic E-state index is 9.54. The number of aliphatic carboxylic acids is 1. The second-order valence-electron chi connectivity index (χ2n) is 1.48. The van der Waals surface area contributed by atoms with E-state index in [1.807, 2.05) is 0 Å². The van der Waals surface area contributed by atoms with Gasteiger partial charge in [0.15, 0.2) is 5.96 Å². The van der Waals surface area contributed by atoms with Crippen molar-refractivity contribution in [1.82, 2.24) is 5.32 Å². The summed E-state index contributed by atoms with van der Waals surface area (Å²) in [6, 6.07) is 0. The lowest BCUT2D eigenvalue weighted by Gasteiger charge is -1.84. The third-order valence-electron chi connectivity index (χ3n) is 0.328. The Morgan fingerprint density at radius 1 is 1.69 bits per heavy atom. The van der Waals surface area contributed by atoms with Gasteiger partial charge in [-0.05, 0) is 19.3 Å². The van der Waals surface area contributed by atoms with E-state index in [0.29, 0.717) is 0 Å². The number of guanidine groups is 1. The highest BCUT2D eigenvalue weighted by molar-refractivity contribution is 7.78. The van der Waals surface area contributed by atoms with Gasteiger partial charge in [0.2, 0.25) is 0 Å². The Labute approximate surface area is 81.1 Å². The first kappa shape index (κ1) is 17.5. The third kappa shape index (κ3) is 337. The van der Waals surface area contributed by atoms with Crippen molar-refractivity contribution in [1.29, 1.82) is 10.8 Å². The average Bonchev–Trinajstić information content (AvgIpc) is 1.86.